The molecule has 10 nitrogen and oxygen atoms in total. The summed E-state index contributed by atoms with van der Waals surface area (Å²) >= 11 is 0. The van der Waals surface area contributed by atoms with Gasteiger partial charge in [0, 0.05) is 6.54 Å². The predicted octanol–water partition coefficient (Wildman–Crippen LogP) is 4.32. The maximum atomic E-state index is 14.2. The van der Waals surface area contributed by atoms with E-state index in [-0.39, 0.29) is 29.4 Å². The summed E-state index contributed by atoms with van der Waals surface area (Å²) in [5, 5.41) is 2.87. The van der Waals surface area contributed by atoms with E-state index in [2.05, 4.69) is 5.32 Å². The summed E-state index contributed by atoms with van der Waals surface area (Å²) in [6.45, 7) is 1.39. The lowest BCUT2D eigenvalue weighted by molar-refractivity contribution is -0.128. The van der Waals surface area contributed by atoms with Crippen molar-refractivity contribution in [2.75, 3.05) is 36.5 Å². The van der Waals surface area contributed by atoms with Gasteiger partial charge in [-0.1, -0.05) is 48.5 Å². The van der Waals surface area contributed by atoms with Crippen molar-refractivity contribution in [3.8, 4) is 17.2 Å². The first-order valence-electron chi connectivity index (χ1n) is 13.9. The fourth-order valence-electron chi connectivity index (χ4n) is 4.88. The van der Waals surface area contributed by atoms with Crippen LogP contribution in [-0.4, -0.2) is 53.6 Å². The average molecular weight is 616 g/mol. The molecule has 4 aromatic rings. The smallest absolute Gasteiger partial charge is 0.268 e. The number of nitrogens with zero attached hydrogens (tertiary/aromatic N) is 2. The van der Waals surface area contributed by atoms with E-state index in [1.165, 1.54) is 25.2 Å². The third-order valence-corrected chi connectivity index (χ3v) is 9.00. The fraction of sp³-hybridized carbons (Fsp3) is 0.212. The zero-order valence-electron chi connectivity index (χ0n) is 24.6. The fourth-order valence-corrected chi connectivity index (χ4v) is 6.54. The van der Waals surface area contributed by atoms with Gasteiger partial charge >= 0.3 is 0 Å². The first-order valence-corrected chi connectivity index (χ1v) is 15.3. The molecule has 11 heteroatoms. The molecule has 1 unspecified atom stereocenters. The summed E-state index contributed by atoms with van der Waals surface area (Å²) in [7, 11) is -1.41. The Kier molecular flexibility index (Phi) is 9.05. The van der Waals surface area contributed by atoms with Gasteiger partial charge in [0.15, 0.2) is 6.10 Å². The van der Waals surface area contributed by atoms with Crippen molar-refractivity contribution in [3.05, 3.63) is 108 Å². The first-order chi connectivity index (χ1) is 21.2. The van der Waals surface area contributed by atoms with Crippen LogP contribution in [0.25, 0.3) is 0 Å². The van der Waals surface area contributed by atoms with Crippen LogP contribution in [0, 0.1) is 6.92 Å². The summed E-state index contributed by atoms with van der Waals surface area (Å²) in [6.07, 6.45) is -1.01. The van der Waals surface area contributed by atoms with Crippen LogP contribution >= 0.6 is 0 Å². The lowest BCUT2D eigenvalue weighted by Crippen LogP contribution is -2.53. The lowest BCUT2D eigenvalue weighted by Gasteiger charge is -2.35. The Labute approximate surface area is 256 Å². The number of sulfonamides is 1. The van der Waals surface area contributed by atoms with Crippen molar-refractivity contribution < 1.29 is 32.2 Å². The highest BCUT2D eigenvalue weighted by Gasteiger charge is 2.37. The number of nitrogens with one attached hydrogen (secondary N) is 1. The number of rotatable bonds is 10. The molecule has 0 aliphatic carbocycles. The van der Waals surface area contributed by atoms with Gasteiger partial charge in [0.25, 0.3) is 15.9 Å². The second-order valence-corrected chi connectivity index (χ2v) is 12.0. The number of amides is 2. The number of fused-ring (bicyclic) bond motifs is 1. The number of benzene rings is 4. The third kappa shape index (κ3) is 6.47. The van der Waals surface area contributed by atoms with Crippen LogP contribution in [0.5, 0.6) is 17.2 Å². The van der Waals surface area contributed by atoms with Gasteiger partial charge in [0.2, 0.25) is 5.91 Å². The molecule has 0 spiro atoms. The summed E-state index contributed by atoms with van der Waals surface area (Å²) < 4.78 is 46.1. The van der Waals surface area contributed by atoms with Crippen LogP contribution in [0.1, 0.15) is 11.1 Å². The Morgan fingerprint density at radius 3 is 2.34 bits per heavy atom. The highest BCUT2D eigenvalue weighted by molar-refractivity contribution is 7.93. The van der Waals surface area contributed by atoms with Crippen LogP contribution in [0.2, 0.25) is 0 Å². The molecule has 0 fully saturated rings. The molecule has 1 aliphatic rings. The largest absolute Gasteiger partial charge is 0.497 e. The van der Waals surface area contributed by atoms with Gasteiger partial charge in [-0.2, -0.15) is 0 Å². The molecule has 0 aromatic heterocycles. The van der Waals surface area contributed by atoms with Gasteiger partial charge in [-0.15, -0.1) is 0 Å². The molecule has 44 heavy (non-hydrogen) atoms. The molecular formula is C33H33N3O7S. The number of para-hydroxylation sites is 2. The molecule has 0 radical (unpaired) electrons. The van der Waals surface area contributed by atoms with Crippen LogP contribution in [-0.2, 0) is 26.2 Å². The number of hydrogen-bond acceptors (Lipinski definition) is 7. The summed E-state index contributed by atoms with van der Waals surface area (Å²) in [5.74, 6) is 0.0644. The monoisotopic (exact) mass is 615 g/mol. The molecule has 0 saturated heterocycles. The molecule has 1 N–H and O–H groups in total. The van der Waals surface area contributed by atoms with E-state index in [0.717, 1.165) is 9.87 Å². The summed E-state index contributed by atoms with van der Waals surface area (Å²) in [6, 6.07) is 27.5. The number of carbonyl (C=O) groups is 2. The Bertz CT molecular complexity index is 1750. The van der Waals surface area contributed by atoms with E-state index in [1.807, 2.05) is 30.3 Å². The topological polar surface area (TPSA) is 114 Å². The summed E-state index contributed by atoms with van der Waals surface area (Å²) in [5.41, 5.74) is 2.31. The maximum Gasteiger partial charge on any atom is 0.268 e. The summed E-state index contributed by atoms with van der Waals surface area (Å²) in [4.78, 5) is 28.6. The van der Waals surface area contributed by atoms with Gasteiger partial charge in [0.05, 0.1) is 32.1 Å². The quantitative estimate of drug-likeness (QED) is 0.283. The van der Waals surface area contributed by atoms with Gasteiger partial charge in [-0.25, -0.2) is 8.42 Å². The minimum atomic E-state index is -4.31. The number of carbonyl (C=O) groups excluding carboxylic acids is 2. The van der Waals surface area contributed by atoms with E-state index in [0.29, 0.717) is 22.7 Å². The maximum absolute atomic E-state index is 14.2. The van der Waals surface area contributed by atoms with Crippen molar-refractivity contribution in [3.63, 3.8) is 0 Å². The Hall–Kier alpha value is -5.03. The van der Waals surface area contributed by atoms with Crippen molar-refractivity contribution >= 4 is 33.2 Å². The van der Waals surface area contributed by atoms with Gasteiger partial charge in [0.1, 0.15) is 28.7 Å². The number of anilines is 2. The predicted molar refractivity (Wildman–Crippen MR) is 167 cm³/mol. The van der Waals surface area contributed by atoms with Crippen molar-refractivity contribution in [1.82, 2.24) is 5.32 Å². The standard InChI is InChI=1S/C33H33N3O7S/c1-23-13-18-29(42-3)31(19-23)44(39,40)36(25-14-16-26(41-2)17-15-25)22-32(37)35-21-30(43-28-12-8-7-11-27(28)35)33(38)34-20-24-9-5-4-6-10-24/h4-19,30H,20-22H2,1-3H3,(H,34,38). The Balaban J connectivity index is 1.47. The third-order valence-electron chi connectivity index (χ3n) is 7.20. The average Bonchev–Trinajstić information content (AvgIpc) is 3.05. The molecule has 1 atom stereocenters. The van der Waals surface area contributed by atoms with Crippen molar-refractivity contribution in [2.24, 2.45) is 0 Å². The Morgan fingerprint density at radius 2 is 1.64 bits per heavy atom. The highest BCUT2D eigenvalue weighted by Crippen LogP contribution is 2.35. The zero-order valence-corrected chi connectivity index (χ0v) is 25.4. The van der Waals surface area contributed by atoms with E-state index in [1.54, 1.807) is 67.6 Å². The lowest BCUT2D eigenvalue weighted by atomic mass is 10.1. The normalized spacial score (nSPS) is 14.2. The Morgan fingerprint density at radius 1 is 0.932 bits per heavy atom. The van der Waals surface area contributed by atoms with Crippen molar-refractivity contribution in [2.45, 2.75) is 24.5 Å². The van der Waals surface area contributed by atoms with E-state index in [4.69, 9.17) is 14.2 Å². The molecule has 5 rings (SSSR count). The molecule has 1 heterocycles. The SMILES string of the molecule is COc1ccc(N(CC(=O)N2CC(C(=O)NCc3ccccc3)Oc3ccccc32)S(=O)(=O)c2cc(C)ccc2OC)cc1. The van der Waals surface area contributed by atoms with Crippen molar-refractivity contribution in [1.29, 1.82) is 0 Å². The minimum absolute atomic E-state index is 0.0795. The molecule has 228 valence electrons. The van der Waals surface area contributed by atoms with E-state index >= 15 is 0 Å². The number of methoxy groups -OCH3 is 2. The van der Waals surface area contributed by atoms with Crippen LogP contribution in [0.3, 0.4) is 0 Å². The van der Waals surface area contributed by atoms with Gasteiger partial charge < -0.3 is 24.4 Å². The van der Waals surface area contributed by atoms with Gasteiger partial charge in [-0.05, 0) is 66.6 Å². The number of aryl methyl sites for hydroxylation is 1. The molecule has 1 aliphatic heterocycles. The number of ether oxygens (including phenoxy) is 3. The highest BCUT2D eigenvalue weighted by atomic mass is 32.2. The molecule has 0 saturated carbocycles. The minimum Gasteiger partial charge on any atom is -0.497 e. The van der Waals surface area contributed by atoms with E-state index < -0.39 is 34.5 Å². The van der Waals surface area contributed by atoms with Crippen LogP contribution in [0.4, 0.5) is 11.4 Å². The molecule has 0 bridgehead atoms. The second kappa shape index (κ2) is 13.1. The van der Waals surface area contributed by atoms with Gasteiger partial charge in [-0.3, -0.25) is 13.9 Å². The molecule has 4 aromatic carbocycles. The molecule has 2 amide bonds. The van der Waals surface area contributed by atoms with E-state index in [9.17, 15) is 18.0 Å². The first kappa shape index (κ1) is 30.4. The number of hydrogen-bond donors (Lipinski definition) is 1. The van der Waals surface area contributed by atoms with Crippen LogP contribution < -0.4 is 28.7 Å². The second-order valence-electron chi connectivity index (χ2n) is 10.1. The zero-order chi connectivity index (χ0) is 31.3. The molecular weight excluding hydrogens is 582 g/mol. The van der Waals surface area contributed by atoms with Crippen LogP contribution in [0.15, 0.2) is 102 Å².